The first-order valence-corrected chi connectivity index (χ1v) is 23.5. The molecule has 2 aromatic carbocycles. The van der Waals surface area contributed by atoms with Crippen molar-refractivity contribution in [2.75, 3.05) is 62.4 Å². The molecule has 0 aliphatic heterocycles. The lowest BCUT2D eigenvalue weighted by Gasteiger charge is -2.24. The molecular weight excluding hydrogens is 992 g/mol. The summed E-state index contributed by atoms with van der Waals surface area (Å²) in [5, 5.41) is 0. The van der Waals surface area contributed by atoms with E-state index in [4.69, 9.17) is 18.9 Å². The molecule has 14 heteroatoms. The van der Waals surface area contributed by atoms with Gasteiger partial charge >= 0.3 is 23.9 Å². The van der Waals surface area contributed by atoms with Crippen molar-refractivity contribution in [2.24, 2.45) is 0 Å². The summed E-state index contributed by atoms with van der Waals surface area (Å²) in [6.07, 6.45) is 27.3. The average molecular weight is 1060 g/mol. The van der Waals surface area contributed by atoms with Crippen molar-refractivity contribution in [3.05, 3.63) is 119 Å². The highest BCUT2D eigenvalue weighted by atomic mass is 79.9. The fourth-order valence-electron chi connectivity index (χ4n) is 7.55. The normalized spacial score (nSPS) is 10.9. The van der Waals surface area contributed by atoms with Gasteiger partial charge in [-0.3, -0.25) is 19.2 Å². The highest BCUT2D eigenvalue weighted by Crippen LogP contribution is 2.20. The van der Waals surface area contributed by atoms with Crippen molar-refractivity contribution in [3.63, 3.8) is 0 Å². The van der Waals surface area contributed by atoms with Gasteiger partial charge < -0.3 is 62.7 Å². The van der Waals surface area contributed by atoms with Gasteiger partial charge in [0.25, 0.3) is 0 Å². The Hall–Kier alpha value is -5.34. The first-order chi connectivity index (χ1) is 31.9. The Morgan fingerprint density at radius 3 is 1.01 bits per heavy atom. The summed E-state index contributed by atoms with van der Waals surface area (Å²) >= 11 is 0. The Morgan fingerprint density at radius 1 is 0.441 bits per heavy atom. The molecule has 0 aliphatic rings. The smallest absolute Gasteiger partial charge is 0.302 e. The van der Waals surface area contributed by atoms with Crippen LogP contribution in [0.5, 0.6) is 0 Å². The van der Waals surface area contributed by atoms with E-state index in [0.717, 1.165) is 35.6 Å². The summed E-state index contributed by atoms with van der Waals surface area (Å²) in [5.41, 5.74) is 8.95. The van der Waals surface area contributed by atoms with Crippen LogP contribution in [0.2, 0.25) is 0 Å². The molecule has 0 bridgehead atoms. The molecule has 370 valence electrons. The maximum atomic E-state index is 11.2. The van der Waals surface area contributed by atoms with E-state index in [0.29, 0.717) is 26.2 Å². The second kappa shape index (κ2) is 33.2. The number of ether oxygens (including phenoxy) is 4. The van der Waals surface area contributed by atoms with Gasteiger partial charge in [-0.05, 0) is 73.2 Å². The van der Waals surface area contributed by atoms with Gasteiger partial charge in [0, 0.05) is 75.2 Å². The number of unbranched alkanes of at least 4 members (excludes halogenated alkanes) is 7. The average Bonchev–Trinajstić information content (AvgIpc) is 3.28. The summed E-state index contributed by atoms with van der Waals surface area (Å²) < 4.78 is 25.1. The van der Waals surface area contributed by atoms with Crippen LogP contribution in [0.4, 0.5) is 11.4 Å². The molecule has 4 rings (SSSR count). The second-order valence-corrected chi connectivity index (χ2v) is 16.7. The van der Waals surface area contributed by atoms with Crippen molar-refractivity contribution in [3.8, 4) is 0 Å². The van der Waals surface area contributed by atoms with E-state index in [1.54, 1.807) is 0 Å². The SMILES string of the molecule is CC(=O)OCCN(CCOC(C)=O)c1ccc(/C=C/c2cc[n+](CCCCCCCCCC[n+]3ccc(/C=C/c4ccc(N(CCOC(C)=O)CCOC(C)=O)cc4)c(C)c3)cc2C)cc1.[Br-].[Br-]. The minimum atomic E-state index is -0.318. The van der Waals surface area contributed by atoms with E-state index in [1.165, 1.54) is 101 Å². The molecule has 0 spiro atoms. The lowest BCUT2D eigenvalue weighted by molar-refractivity contribution is -0.697. The zero-order valence-corrected chi connectivity index (χ0v) is 44.1. The number of pyridine rings is 2. The van der Waals surface area contributed by atoms with Gasteiger partial charge in [-0.1, -0.05) is 74.3 Å². The van der Waals surface area contributed by atoms with Crippen LogP contribution in [0.3, 0.4) is 0 Å². The van der Waals surface area contributed by atoms with Gasteiger partial charge in [0.2, 0.25) is 0 Å². The Bertz CT molecular complexity index is 2000. The molecule has 0 saturated heterocycles. The molecular formula is C54H72Br2N4O8. The molecule has 0 saturated carbocycles. The van der Waals surface area contributed by atoms with Gasteiger partial charge in [-0.25, -0.2) is 9.13 Å². The standard InChI is InChI=1S/C54H72N4O8.2BrH/c1-43-41-55(31-27-51(43)21-15-49-17-23-53(24-18-49)57(33-37-63-45(3)59)34-38-64-46(4)60)29-13-11-9-7-8-10-12-14-30-56-32-28-52(44(2)42-56)22-16-50-19-25-54(26-20-50)58(35-39-65-47(5)61)36-40-66-48(6)62;;/h15-28,31-32,41-42H,7-14,29-30,33-40H2,1-6H3;2*1H/q+2;;/p-2. The number of carbonyl (C=O) groups is 4. The third kappa shape index (κ3) is 23.6. The van der Waals surface area contributed by atoms with Gasteiger partial charge in [0.15, 0.2) is 24.8 Å². The summed E-state index contributed by atoms with van der Waals surface area (Å²) in [7, 11) is 0. The first-order valence-electron chi connectivity index (χ1n) is 23.5. The van der Waals surface area contributed by atoms with Crippen molar-refractivity contribution in [1.29, 1.82) is 0 Å². The molecule has 0 atom stereocenters. The van der Waals surface area contributed by atoms with Gasteiger partial charge in [-0.15, -0.1) is 0 Å². The predicted molar refractivity (Wildman–Crippen MR) is 261 cm³/mol. The van der Waals surface area contributed by atoms with Crippen LogP contribution >= 0.6 is 0 Å². The number of benzene rings is 2. The monoisotopic (exact) mass is 1060 g/mol. The van der Waals surface area contributed by atoms with E-state index in [9.17, 15) is 19.2 Å². The van der Waals surface area contributed by atoms with Crippen LogP contribution in [-0.4, -0.2) is 76.5 Å². The Balaban J connectivity index is 0.00000793. The fraction of sp³-hybridized carbons (Fsp3) is 0.444. The molecule has 0 aliphatic carbocycles. The van der Waals surface area contributed by atoms with Gasteiger partial charge in [-0.2, -0.15) is 0 Å². The van der Waals surface area contributed by atoms with Crippen molar-refractivity contribution < 1.29 is 81.2 Å². The number of aromatic nitrogens is 2. The molecule has 4 aromatic rings. The highest BCUT2D eigenvalue weighted by Gasteiger charge is 2.11. The van der Waals surface area contributed by atoms with Crippen LogP contribution in [0.15, 0.2) is 85.5 Å². The van der Waals surface area contributed by atoms with Crippen LogP contribution < -0.4 is 52.9 Å². The van der Waals surface area contributed by atoms with Crippen molar-refractivity contribution in [1.82, 2.24) is 0 Å². The third-order valence-corrected chi connectivity index (χ3v) is 11.2. The van der Waals surface area contributed by atoms with E-state index < -0.39 is 0 Å². The number of aryl methyl sites for hydroxylation is 4. The van der Waals surface area contributed by atoms with E-state index in [1.807, 2.05) is 34.1 Å². The van der Waals surface area contributed by atoms with Crippen LogP contribution in [0.1, 0.15) is 112 Å². The van der Waals surface area contributed by atoms with Crippen molar-refractivity contribution >= 4 is 59.6 Å². The summed E-state index contributed by atoms with van der Waals surface area (Å²) in [6.45, 7) is 15.0. The molecule has 0 N–H and O–H groups in total. The zero-order chi connectivity index (χ0) is 47.5. The number of nitrogens with zero attached hydrogens (tertiary/aromatic N) is 4. The molecule has 68 heavy (non-hydrogen) atoms. The van der Waals surface area contributed by atoms with E-state index >= 15 is 0 Å². The van der Waals surface area contributed by atoms with Gasteiger partial charge in [0.05, 0.1) is 26.2 Å². The summed E-state index contributed by atoms with van der Waals surface area (Å²) in [5.74, 6) is -1.27. The largest absolute Gasteiger partial charge is 1.00 e. The number of anilines is 2. The molecule has 0 radical (unpaired) electrons. The van der Waals surface area contributed by atoms with E-state index in [-0.39, 0.29) is 84.3 Å². The predicted octanol–water partition coefficient (Wildman–Crippen LogP) is 2.91. The molecule has 0 unspecified atom stereocenters. The summed E-state index contributed by atoms with van der Waals surface area (Å²) in [6, 6.07) is 20.8. The molecule has 2 aromatic heterocycles. The first kappa shape index (κ1) is 58.8. The number of hydrogen-bond acceptors (Lipinski definition) is 10. The quantitative estimate of drug-likeness (QED) is 0.0348. The minimum absolute atomic E-state index is 0. The minimum Gasteiger partial charge on any atom is -1.00 e. The van der Waals surface area contributed by atoms with Crippen molar-refractivity contribution in [2.45, 2.75) is 106 Å². The van der Waals surface area contributed by atoms with Crippen LogP contribution in [0.25, 0.3) is 24.3 Å². The maximum Gasteiger partial charge on any atom is 0.302 e. The number of rotatable bonds is 29. The fourth-order valence-corrected chi connectivity index (χ4v) is 7.55. The number of hydrogen-bond donors (Lipinski definition) is 0. The Labute approximate surface area is 425 Å². The molecule has 0 amide bonds. The van der Waals surface area contributed by atoms with Crippen LogP contribution in [-0.2, 0) is 51.2 Å². The van der Waals surface area contributed by atoms with Gasteiger partial charge in [0.1, 0.15) is 39.5 Å². The summed E-state index contributed by atoms with van der Waals surface area (Å²) in [4.78, 5) is 49.1. The maximum absolute atomic E-state index is 11.2. The highest BCUT2D eigenvalue weighted by molar-refractivity contribution is 5.73. The third-order valence-electron chi connectivity index (χ3n) is 11.2. The number of carbonyl (C=O) groups excluding carboxylic acids is 4. The lowest BCUT2D eigenvalue weighted by Crippen LogP contribution is -3.00. The molecule has 12 nitrogen and oxygen atoms in total. The zero-order valence-electron chi connectivity index (χ0n) is 40.9. The number of esters is 4. The lowest BCUT2D eigenvalue weighted by atomic mass is 10.1. The second-order valence-electron chi connectivity index (χ2n) is 16.7. The Kier molecular flexibility index (Phi) is 28.7. The number of halogens is 2. The Morgan fingerprint density at radius 2 is 0.735 bits per heavy atom. The topological polar surface area (TPSA) is 119 Å². The van der Waals surface area contributed by atoms with E-state index in [2.05, 4.69) is 108 Å². The molecule has 2 heterocycles. The molecule has 0 fully saturated rings. The van der Waals surface area contributed by atoms with Crippen LogP contribution in [0, 0.1) is 13.8 Å².